The highest BCUT2D eigenvalue weighted by Crippen LogP contribution is 2.26. The molecule has 7 heteroatoms. The second-order valence-electron chi connectivity index (χ2n) is 8.83. The van der Waals surface area contributed by atoms with Crippen LogP contribution in [0.1, 0.15) is 24.1 Å². The molecule has 0 radical (unpaired) electrons. The summed E-state index contributed by atoms with van der Waals surface area (Å²) in [5.74, 6) is 1.05. The van der Waals surface area contributed by atoms with Gasteiger partial charge in [0.15, 0.2) is 0 Å². The molecular formula is C26H30N4O3. The summed E-state index contributed by atoms with van der Waals surface area (Å²) in [4.78, 5) is 30.6. The van der Waals surface area contributed by atoms with Crippen LogP contribution in [-0.2, 0) is 17.6 Å². The van der Waals surface area contributed by atoms with E-state index in [1.54, 1.807) is 11.8 Å². The van der Waals surface area contributed by atoms with E-state index in [4.69, 9.17) is 4.74 Å². The molecule has 2 aliphatic rings. The van der Waals surface area contributed by atoms with Gasteiger partial charge in [0, 0.05) is 55.1 Å². The third-order valence-electron chi connectivity index (χ3n) is 6.93. The maximum absolute atomic E-state index is 13.3. The number of aromatic nitrogens is 2. The number of benzene rings is 2. The van der Waals surface area contributed by atoms with Crippen molar-refractivity contribution in [3.05, 3.63) is 76.2 Å². The van der Waals surface area contributed by atoms with Crippen LogP contribution in [0.15, 0.2) is 59.4 Å². The predicted octanol–water partition coefficient (Wildman–Crippen LogP) is 3.02. The van der Waals surface area contributed by atoms with Crippen LogP contribution in [0.3, 0.4) is 0 Å². The van der Waals surface area contributed by atoms with Crippen LogP contribution in [0.2, 0.25) is 0 Å². The van der Waals surface area contributed by atoms with Crippen LogP contribution in [0, 0.1) is 5.92 Å². The second kappa shape index (κ2) is 9.17. The third kappa shape index (κ3) is 4.27. The van der Waals surface area contributed by atoms with Crippen molar-refractivity contribution in [2.45, 2.75) is 25.7 Å². The third-order valence-corrected chi connectivity index (χ3v) is 6.93. The molecular weight excluding hydrogens is 416 g/mol. The molecule has 1 aliphatic heterocycles. The second-order valence-corrected chi connectivity index (χ2v) is 8.83. The van der Waals surface area contributed by atoms with Crippen LogP contribution in [0.5, 0.6) is 5.75 Å². The number of nitrogens with one attached hydrogen (secondary N) is 1. The Balaban J connectivity index is 1.21. The van der Waals surface area contributed by atoms with Crippen LogP contribution >= 0.6 is 0 Å². The normalized spacial score (nSPS) is 18.5. The average Bonchev–Trinajstić information content (AvgIpc) is 3.04. The summed E-state index contributed by atoms with van der Waals surface area (Å²) in [6.45, 7) is 3.07. The Labute approximate surface area is 193 Å². The van der Waals surface area contributed by atoms with E-state index in [0.29, 0.717) is 6.42 Å². The zero-order valence-corrected chi connectivity index (χ0v) is 19.0. The van der Waals surface area contributed by atoms with Gasteiger partial charge in [0.2, 0.25) is 5.91 Å². The number of carbonyl (C=O) groups excluding carboxylic acids is 1. The molecule has 1 amide bonds. The van der Waals surface area contributed by atoms with Gasteiger partial charge in [0.05, 0.1) is 12.8 Å². The molecule has 1 saturated heterocycles. The number of H-pyrrole nitrogens is 1. The predicted molar refractivity (Wildman–Crippen MR) is 128 cm³/mol. The average molecular weight is 447 g/mol. The van der Waals surface area contributed by atoms with Crippen LogP contribution < -0.4 is 15.2 Å². The van der Waals surface area contributed by atoms with E-state index in [1.807, 2.05) is 53.4 Å². The number of aryl methyl sites for hydroxylation is 1. The number of nitrogens with zero attached hydrogens (tertiary/aromatic N) is 3. The van der Waals surface area contributed by atoms with Gasteiger partial charge in [-0.25, -0.2) is 4.68 Å². The number of piperazine rings is 1. The summed E-state index contributed by atoms with van der Waals surface area (Å²) < 4.78 is 6.97. The molecule has 1 atom stereocenters. The highest BCUT2D eigenvalue weighted by molar-refractivity contribution is 5.79. The van der Waals surface area contributed by atoms with Gasteiger partial charge in [-0.15, -0.1) is 0 Å². The number of fused-ring (bicyclic) bond motifs is 1. The molecule has 0 saturated carbocycles. The zero-order chi connectivity index (χ0) is 22.8. The number of ether oxygens (including phenoxy) is 1. The van der Waals surface area contributed by atoms with Gasteiger partial charge in [-0.1, -0.05) is 24.3 Å². The van der Waals surface area contributed by atoms with Crippen molar-refractivity contribution < 1.29 is 9.53 Å². The first-order chi connectivity index (χ1) is 16.1. The van der Waals surface area contributed by atoms with Gasteiger partial charge in [-0.3, -0.25) is 14.7 Å². The smallest absolute Gasteiger partial charge is 0.274 e. The first-order valence-corrected chi connectivity index (χ1v) is 11.7. The standard InChI is InChI=1S/C26H30N4O3/c1-33-22-9-5-8-21(18-22)28-14-16-29(17-15-28)25(31)19-10-12-23-24(13-11-19)27-30(26(23)32)20-6-3-2-4-7-20/h2-9,18-19,27H,10-17H2,1H3. The Bertz CT molecular complexity index is 1180. The molecule has 2 heterocycles. The van der Waals surface area contributed by atoms with Crippen molar-refractivity contribution in [1.82, 2.24) is 14.7 Å². The fourth-order valence-corrected chi connectivity index (χ4v) is 5.02. The molecule has 0 spiro atoms. The number of methoxy groups -OCH3 is 1. The van der Waals surface area contributed by atoms with Gasteiger partial charge in [0.1, 0.15) is 5.75 Å². The molecule has 1 N–H and O–H groups in total. The minimum Gasteiger partial charge on any atom is -0.497 e. The summed E-state index contributed by atoms with van der Waals surface area (Å²) in [6.07, 6.45) is 2.87. The van der Waals surface area contributed by atoms with Gasteiger partial charge in [0.25, 0.3) is 5.56 Å². The number of rotatable bonds is 4. The van der Waals surface area contributed by atoms with E-state index in [1.165, 1.54) is 0 Å². The fourth-order valence-electron chi connectivity index (χ4n) is 5.02. The van der Waals surface area contributed by atoms with Crippen LogP contribution in [-0.4, -0.2) is 53.9 Å². The zero-order valence-electron chi connectivity index (χ0n) is 19.0. The lowest BCUT2D eigenvalue weighted by Crippen LogP contribution is -2.50. The molecule has 2 aromatic carbocycles. The fraction of sp³-hybridized carbons (Fsp3) is 0.385. The van der Waals surface area contributed by atoms with E-state index in [-0.39, 0.29) is 17.4 Å². The number of carbonyl (C=O) groups is 1. The first kappa shape index (κ1) is 21.4. The molecule has 7 nitrogen and oxygen atoms in total. The quantitative estimate of drug-likeness (QED) is 0.626. The summed E-state index contributed by atoms with van der Waals surface area (Å²) in [7, 11) is 1.68. The lowest BCUT2D eigenvalue weighted by atomic mass is 9.97. The minimum atomic E-state index is -0.0289. The summed E-state index contributed by atoms with van der Waals surface area (Å²) in [5.41, 5.74) is 3.79. The molecule has 5 rings (SSSR count). The molecule has 1 aliphatic carbocycles. The number of hydrogen-bond acceptors (Lipinski definition) is 4. The summed E-state index contributed by atoms with van der Waals surface area (Å²) >= 11 is 0. The first-order valence-electron chi connectivity index (χ1n) is 11.7. The van der Waals surface area contributed by atoms with E-state index in [9.17, 15) is 9.59 Å². The molecule has 1 fully saturated rings. The number of anilines is 1. The van der Waals surface area contributed by atoms with Crippen molar-refractivity contribution in [3.63, 3.8) is 0 Å². The maximum Gasteiger partial charge on any atom is 0.274 e. The Morgan fingerprint density at radius 1 is 0.939 bits per heavy atom. The lowest BCUT2D eigenvalue weighted by molar-refractivity contribution is -0.136. The largest absolute Gasteiger partial charge is 0.497 e. The molecule has 3 aromatic rings. The van der Waals surface area contributed by atoms with Crippen molar-refractivity contribution in [3.8, 4) is 11.4 Å². The van der Waals surface area contributed by atoms with E-state index < -0.39 is 0 Å². The SMILES string of the molecule is COc1cccc(N2CCN(C(=O)C3CCc4[nH]n(-c5ccccc5)c(=O)c4CC3)CC2)c1. The van der Waals surface area contributed by atoms with Crippen molar-refractivity contribution in [2.75, 3.05) is 38.2 Å². The van der Waals surface area contributed by atoms with Crippen molar-refractivity contribution >= 4 is 11.6 Å². The summed E-state index contributed by atoms with van der Waals surface area (Å²) in [5, 5.41) is 3.29. The van der Waals surface area contributed by atoms with Crippen molar-refractivity contribution in [1.29, 1.82) is 0 Å². The number of para-hydroxylation sites is 1. The Morgan fingerprint density at radius 2 is 1.67 bits per heavy atom. The maximum atomic E-state index is 13.3. The van der Waals surface area contributed by atoms with Gasteiger partial charge >= 0.3 is 0 Å². The Morgan fingerprint density at radius 3 is 2.42 bits per heavy atom. The van der Waals surface area contributed by atoms with Crippen LogP contribution in [0.4, 0.5) is 5.69 Å². The van der Waals surface area contributed by atoms with Crippen LogP contribution in [0.25, 0.3) is 5.69 Å². The van der Waals surface area contributed by atoms with E-state index >= 15 is 0 Å². The molecule has 0 bridgehead atoms. The molecule has 1 unspecified atom stereocenters. The highest BCUT2D eigenvalue weighted by atomic mass is 16.5. The molecule has 1 aromatic heterocycles. The number of aromatic amines is 1. The topological polar surface area (TPSA) is 70.6 Å². The lowest BCUT2D eigenvalue weighted by Gasteiger charge is -2.37. The minimum absolute atomic E-state index is 0.0104. The van der Waals surface area contributed by atoms with E-state index in [2.05, 4.69) is 16.1 Å². The number of hydrogen-bond donors (Lipinski definition) is 1. The monoisotopic (exact) mass is 446 g/mol. The summed E-state index contributed by atoms with van der Waals surface area (Å²) in [6, 6.07) is 17.7. The Hall–Kier alpha value is -3.48. The Kier molecular flexibility index (Phi) is 5.94. The van der Waals surface area contributed by atoms with Gasteiger partial charge in [-0.2, -0.15) is 0 Å². The van der Waals surface area contributed by atoms with Gasteiger partial charge in [-0.05, 0) is 49.9 Å². The van der Waals surface area contributed by atoms with Gasteiger partial charge < -0.3 is 14.5 Å². The highest BCUT2D eigenvalue weighted by Gasteiger charge is 2.30. The molecule has 33 heavy (non-hydrogen) atoms. The van der Waals surface area contributed by atoms with E-state index in [0.717, 1.165) is 73.8 Å². The molecule has 172 valence electrons. The van der Waals surface area contributed by atoms with Crippen molar-refractivity contribution in [2.24, 2.45) is 5.92 Å². The number of amides is 1.